The van der Waals surface area contributed by atoms with Gasteiger partial charge in [-0.05, 0) is 42.7 Å². The Morgan fingerprint density at radius 1 is 1.12 bits per heavy atom. The summed E-state index contributed by atoms with van der Waals surface area (Å²) in [6.45, 7) is 2.32. The molecule has 7 heteroatoms. The number of ether oxygens (including phenoxy) is 1. The van der Waals surface area contributed by atoms with Crippen molar-refractivity contribution in [1.82, 2.24) is 4.72 Å². The molecule has 0 atom stereocenters. The Kier molecular flexibility index (Phi) is 7.17. The number of benzene rings is 2. The fourth-order valence-corrected chi connectivity index (χ4v) is 3.47. The first-order chi connectivity index (χ1) is 12.4. The first-order valence-electron chi connectivity index (χ1n) is 8.47. The predicted octanol–water partition coefficient (Wildman–Crippen LogP) is 2.95. The van der Waals surface area contributed by atoms with Gasteiger partial charge in [-0.25, -0.2) is 13.1 Å². The molecular weight excluding hydrogens is 352 g/mol. The maximum Gasteiger partial charge on any atom is 0.240 e. The van der Waals surface area contributed by atoms with Crippen molar-refractivity contribution in [1.29, 1.82) is 0 Å². The van der Waals surface area contributed by atoms with Gasteiger partial charge in [-0.15, -0.1) is 0 Å². The number of carbonyl (C=O) groups excluding carboxylic acids is 1. The monoisotopic (exact) mass is 376 g/mol. The molecule has 140 valence electrons. The van der Waals surface area contributed by atoms with Gasteiger partial charge in [-0.2, -0.15) is 0 Å². The van der Waals surface area contributed by atoms with E-state index in [-0.39, 0.29) is 10.8 Å². The average molecular weight is 376 g/mol. The number of hydrogen-bond donors (Lipinski definition) is 2. The smallest absolute Gasteiger partial charge is 0.240 e. The summed E-state index contributed by atoms with van der Waals surface area (Å²) in [5, 5.41) is 2.82. The molecule has 0 aliphatic carbocycles. The van der Waals surface area contributed by atoms with Gasteiger partial charge in [0.15, 0.2) is 0 Å². The van der Waals surface area contributed by atoms with Crippen molar-refractivity contribution in [3.05, 3.63) is 54.1 Å². The third-order valence-electron chi connectivity index (χ3n) is 3.77. The minimum absolute atomic E-state index is 0.112. The molecule has 2 rings (SSSR count). The topological polar surface area (TPSA) is 84.5 Å². The van der Waals surface area contributed by atoms with E-state index in [1.54, 1.807) is 55.6 Å². The lowest BCUT2D eigenvalue weighted by Crippen LogP contribution is -2.24. The highest BCUT2D eigenvalue weighted by Crippen LogP contribution is 2.17. The van der Waals surface area contributed by atoms with E-state index < -0.39 is 10.0 Å². The normalized spacial score (nSPS) is 11.2. The quantitative estimate of drug-likeness (QED) is 0.705. The highest BCUT2D eigenvalue weighted by Gasteiger charge is 2.12. The van der Waals surface area contributed by atoms with Crippen LogP contribution < -0.4 is 14.8 Å². The van der Waals surface area contributed by atoms with E-state index in [4.69, 9.17) is 4.74 Å². The zero-order chi connectivity index (χ0) is 19.0. The Labute approximate surface area is 154 Å². The number of amides is 1. The van der Waals surface area contributed by atoms with Crippen LogP contribution in [-0.4, -0.2) is 28.0 Å². The summed E-state index contributed by atoms with van der Waals surface area (Å²) in [6, 6.07) is 13.8. The molecule has 0 spiro atoms. The summed E-state index contributed by atoms with van der Waals surface area (Å²) in [5.74, 6) is 0.566. The van der Waals surface area contributed by atoms with E-state index in [9.17, 15) is 13.2 Å². The molecule has 0 aliphatic rings. The van der Waals surface area contributed by atoms with E-state index in [2.05, 4.69) is 10.0 Å². The van der Waals surface area contributed by atoms with Crippen LogP contribution >= 0.6 is 0 Å². The largest absolute Gasteiger partial charge is 0.497 e. The van der Waals surface area contributed by atoms with Crippen LogP contribution in [0.15, 0.2) is 53.4 Å². The van der Waals surface area contributed by atoms with Crippen molar-refractivity contribution < 1.29 is 17.9 Å². The fraction of sp³-hybridized carbons (Fsp3) is 0.316. The Morgan fingerprint density at radius 2 is 1.85 bits per heavy atom. The first-order valence-corrected chi connectivity index (χ1v) is 9.95. The van der Waals surface area contributed by atoms with Crippen molar-refractivity contribution >= 4 is 21.6 Å². The highest BCUT2D eigenvalue weighted by molar-refractivity contribution is 7.89. The Balaban J connectivity index is 1.90. The molecule has 2 N–H and O–H groups in total. The molecule has 0 unspecified atom stereocenters. The molecule has 0 aliphatic heterocycles. The second kappa shape index (κ2) is 9.35. The lowest BCUT2D eigenvalue weighted by molar-refractivity contribution is -0.116. The molecule has 0 saturated heterocycles. The van der Waals surface area contributed by atoms with Crippen molar-refractivity contribution in [2.24, 2.45) is 0 Å². The van der Waals surface area contributed by atoms with Gasteiger partial charge in [0.25, 0.3) is 0 Å². The average Bonchev–Trinajstić information content (AvgIpc) is 2.65. The third kappa shape index (κ3) is 5.86. The summed E-state index contributed by atoms with van der Waals surface area (Å²) in [7, 11) is -1.89. The fourth-order valence-electron chi connectivity index (χ4n) is 2.34. The van der Waals surface area contributed by atoms with Gasteiger partial charge in [0.05, 0.1) is 12.0 Å². The van der Waals surface area contributed by atoms with E-state index in [1.165, 1.54) is 0 Å². The van der Waals surface area contributed by atoms with Crippen LogP contribution in [0, 0.1) is 0 Å². The molecule has 0 heterocycles. The number of hydrogen-bond acceptors (Lipinski definition) is 4. The van der Waals surface area contributed by atoms with Crippen molar-refractivity contribution in [3.63, 3.8) is 0 Å². The van der Waals surface area contributed by atoms with Crippen molar-refractivity contribution in [2.45, 2.75) is 31.1 Å². The molecule has 0 aromatic heterocycles. The third-order valence-corrected chi connectivity index (χ3v) is 5.25. The number of nitrogens with one attached hydrogen (secondary N) is 2. The molecule has 2 aromatic carbocycles. The van der Waals surface area contributed by atoms with Gasteiger partial charge in [0.2, 0.25) is 15.9 Å². The number of anilines is 1. The number of aryl methyl sites for hydroxylation is 1. The highest BCUT2D eigenvalue weighted by atomic mass is 32.2. The molecule has 0 radical (unpaired) electrons. The Hall–Kier alpha value is -2.38. The van der Waals surface area contributed by atoms with Gasteiger partial charge >= 0.3 is 0 Å². The van der Waals surface area contributed by atoms with Gasteiger partial charge in [-0.1, -0.05) is 25.1 Å². The molecule has 2 aromatic rings. The molecule has 0 bridgehead atoms. The Morgan fingerprint density at radius 3 is 2.50 bits per heavy atom. The summed E-state index contributed by atoms with van der Waals surface area (Å²) >= 11 is 0. The maximum absolute atomic E-state index is 12.1. The van der Waals surface area contributed by atoms with Crippen LogP contribution in [0.3, 0.4) is 0 Å². The molecule has 0 fully saturated rings. The van der Waals surface area contributed by atoms with Gasteiger partial charge < -0.3 is 10.1 Å². The van der Waals surface area contributed by atoms with E-state index in [0.717, 1.165) is 12.0 Å². The minimum atomic E-state index is -3.46. The zero-order valence-electron chi connectivity index (χ0n) is 15.0. The number of sulfonamides is 1. The van der Waals surface area contributed by atoms with Crippen LogP contribution in [0.2, 0.25) is 0 Å². The predicted molar refractivity (Wildman–Crippen MR) is 102 cm³/mol. The van der Waals surface area contributed by atoms with Crippen LogP contribution in [0.25, 0.3) is 0 Å². The Bertz CT molecular complexity index is 833. The SMILES string of the molecule is CCCNS(=O)(=O)c1ccc(CCC(=O)Nc2cccc(OC)c2)cc1. The number of carbonyl (C=O) groups is 1. The van der Waals surface area contributed by atoms with E-state index in [0.29, 0.717) is 30.8 Å². The second-order valence-electron chi connectivity index (χ2n) is 5.82. The molecule has 0 saturated carbocycles. The van der Waals surface area contributed by atoms with Gasteiger partial charge in [-0.3, -0.25) is 4.79 Å². The second-order valence-corrected chi connectivity index (χ2v) is 7.59. The minimum Gasteiger partial charge on any atom is -0.497 e. The van der Waals surface area contributed by atoms with Crippen LogP contribution in [0.4, 0.5) is 5.69 Å². The molecule has 6 nitrogen and oxygen atoms in total. The lowest BCUT2D eigenvalue weighted by atomic mass is 10.1. The first kappa shape index (κ1) is 19.9. The summed E-state index contributed by atoms with van der Waals surface area (Å²) < 4.78 is 31.7. The van der Waals surface area contributed by atoms with Crippen molar-refractivity contribution in [3.8, 4) is 5.75 Å². The summed E-state index contributed by atoms with van der Waals surface area (Å²) in [5.41, 5.74) is 1.58. The van der Waals surface area contributed by atoms with E-state index >= 15 is 0 Å². The lowest BCUT2D eigenvalue weighted by Gasteiger charge is -2.08. The molecule has 26 heavy (non-hydrogen) atoms. The van der Waals surface area contributed by atoms with Crippen LogP contribution in [0.1, 0.15) is 25.3 Å². The standard InChI is InChI=1S/C19H24N2O4S/c1-3-13-20-26(23,24)18-10-7-15(8-11-18)9-12-19(22)21-16-5-4-6-17(14-16)25-2/h4-8,10-11,14,20H,3,9,12-13H2,1-2H3,(H,21,22). The summed E-state index contributed by atoms with van der Waals surface area (Å²) in [4.78, 5) is 12.3. The molecule has 1 amide bonds. The van der Waals surface area contributed by atoms with E-state index in [1.807, 2.05) is 6.92 Å². The van der Waals surface area contributed by atoms with Gasteiger partial charge in [0, 0.05) is 24.7 Å². The van der Waals surface area contributed by atoms with Crippen LogP contribution in [-0.2, 0) is 21.2 Å². The van der Waals surface area contributed by atoms with Gasteiger partial charge in [0.1, 0.15) is 5.75 Å². The summed E-state index contributed by atoms with van der Waals surface area (Å²) in [6.07, 6.45) is 1.57. The zero-order valence-corrected chi connectivity index (χ0v) is 15.8. The maximum atomic E-state index is 12.1. The van der Waals surface area contributed by atoms with Crippen molar-refractivity contribution in [2.75, 3.05) is 19.0 Å². The number of methoxy groups -OCH3 is 1. The molecular formula is C19H24N2O4S. The number of rotatable bonds is 9. The van der Waals surface area contributed by atoms with Crippen LogP contribution in [0.5, 0.6) is 5.75 Å².